The highest BCUT2D eigenvalue weighted by atomic mass is 35.5. The first-order valence-corrected chi connectivity index (χ1v) is 7.29. The molecular weight excluding hydrogens is 306 g/mol. The van der Waals surface area contributed by atoms with Crippen molar-refractivity contribution in [3.8, 4) is 11.3 Å². The topological polar surface area (TPSA) is 86.3 Å². The Labute approximate surface area is 131 Å². The van der Waals surface area contributed by atoms with Crippen molar-refractivity contribution >= 4 is 23.5 Å². The quantitative estimate of drug-likeness (QED) is 0.909. The maximum Gasteiger partial charge on any atom is 0.326 e. The van der Waals surface area contributed by atoms with Crippen molar-refractivity contribution in [2.75, 3.05) is 6.54 Å². The fourth-order valence-electron chi connectivity index (χ4n) is 2.62. The van der Waals surface area contributed by atoms with Crippen molar-refractivity contribution in [3.05, 3.63) is 41.0 Å². The number of amides is 1. The number of aromatic amines is 1. The Balaban J connectivity index is 1.82. The summed E-state index contributed by atoms with van der Waals surface area (Å²) in [4.78, 5) is 25.0. The lowest BCUT2D eigenvalue weighted by atomic mass is 10.1. The minimum absolute atomic E-state index is 0.290. The standard InChI is InChI=1S/C15H14ClN3O3/c16-10-5-3-9(4-6-10)11-8-12(18-17-11)14(20)19-7-1-2-13(19)15(21)22/h3-6,8,13H,1-2,7H2,(H,17,18)(H,21,22). The largest absolute Gasteiger partial charge is 0.480 e. The lowest BCUT2D eigenvalue weighted by Crippen LogP contribution is -2.40. The normalized spacial score (nSPS) is 17.7. The second-order valence-corrected chi connectivity index (χ2v) is 5.60. The first-order chi connectivity index (χ1) is 10.6. The van der Waals surface area contributed by atoms with E-state index in [2.05, 4.69) is 10.2 Å². The van der Waals surface area contributed by atoms with Gasteiger partial charge in [0, 0.05) is 17.1 Å². The summed E-state index contributed by atoms with van der Waals surface area (Å²) in [6.07, 6.45) is 1.18. The second kappa shape index (κ2) is 5.81. The van der Waals surface area contributed by atoms with Gasteiger partial charge in [0.25, 0.3) is 5.91 Å². The molecule has 0 spiro atoms. The molecule has 0 bridgehead atoms. The molecule has 1 aliphatic heterocycles. The number of carbonyl (C=O) groups excluding carboxylic acids is 1. The number of aliphatic carboxylic acids is 1. The molecule has 7 heteroatoms. The molecule has 2 aromatic rings. The lowest BCUT2D eigenvalue weighted by Gasteiger charge is -2.20. The van der Waals surface area contributed by atoms with Crippen LogP contribution >= 0.6 is 11.6 Å². The number of likely N-dealkylation sites (tertiary alicyclic amines) is 1. The Morgan fingerprint density at radius 3 is 2.73 bits per heavy atom. The van der Waals surface area contributed by atoms with E-state index in [0.29, 0.717) is 30.1 Å². The summed E-state index contributed by atoms with van der Waals surface area (Å²) >= 11 is 5.84. The van der Waals surface area contributed by atoms with Crippen LogP contribution in [0.1, 0.15) is 23.3 Å². The number of rotatable bonds is 3. The molecule has 1 aromatic carbocycles. The SMILES string of the molecule is O=C(O)C1CCCN1C(=O)c1cc(-c2ccc(Cl)cc2)n[nH]1. The average Bonchev–Trinajstić information content (AvgIpc) is 3.17. The zero-order valence-electron chi connectivity index (χ0n) is 11.6. The molecule has 1 fully saturated rings. The molecule has 22 heavy (non-hydrogen) atoms. The van der Waals surface area contributed by atoms with Gasteiger partial charge in [0.1, 0.15) is 11.7 Å². The zero-order chi connectivity index (χ0) is 15.7. The van der Waals surface area contributed by atoms with Crippen LogP contribution < -0.4 is 0 Å². The fourth-order valence-corrected chi connectivity index (χ4v) is 2.75. The van der Waals surface area contributed by atoms with Gasteiger partial charge in [0.15, 0.2) is 0 Å². The predicted molar refractivity (Wildman–Crippen MR) is 80.7 cm³/mol. The fraction of sp³-hybridized carbons (Fsp3) is 0.267. The maximum absolute atomic E-state index is 12.4. The molecule has 114 valence electrons. The van der Waals surface area contributed by atoms with E-state index in [1.165, 1.54) is 4.90 Å². The van der Waals surface area contributed by atoms with Gasteiger partial charge in [-0.2, -0.15) is 5.10 Å². The lowest BCUT2D eigenvalue weighted by molar-refractivity contribution is -0.141. The van der Waals surface area contributed by atoms with Crippen molar-refractivity contribution in [1.29, 1.82) is 0 Å². The number of nitrogens with one attached hydrogen (secondary N) is 1. The van der Waals surface area contributed by atoms with Crippen LogP contribution in [0.3, 0.4) is 0 Å². The van der Waals surface area contributed by atoms with E-state index >= 15 is 0 Å². The summed E-state index contributed by atoms with van der Waals surface area (Å²) in [5.41, 5.74) is 1.74. The molecule has 1 amide bonds. The number of hydrogen-bond acceptors (Lipinski definition) is 3. The highest BCUT2D eigenvalue weighted by Gasteiger charge is 2.35. The summed E-state index contributed by atoms with van der Waals surface area (Å²) in [6.45, 7) is 0.450. The molecule has 1 aromatic heterocycles. The molecule has 0 aliphatic carbocycles. The third kappa shape index (κ3) is 2.69. The third-order valence-corrected chi connectivity index (χ3v) is 4.00. The summed E-state index contributed by atoms with van der Waals surface area (Å²) in [5.74, 6) is -1.30. The van der Waals surface area contributed by atoms with Gasteiger partial charge in [-0.1, -0.05) is 23.7 Å². The summed E-state index contributed by atoms with van der Waals surface area (Å²) in [6, 6.07) is 7.98. The number of halogens is 1. The van der Waals surface area contributed by atoms with Crippen LogP contribution in [-0.4, -0.2) is 44.7 Å². The van der Waals surface area contributed by atoms with Crippen molar-refractivity contribution in [2.24, 2.45) is 0 Å². The zero-order valence-corrected chi connectivity index (χ0v) is 12.4. The Morgan fingerprint density at radius 1 is 1.32 bits per heavy atom. The monoisotopic (exact) mass is 319 g/mol. The summed E-state index contributed by atoms with van der Waals surface area (Å²) in [5, 5.41) is 16.6. The highest BCUT2D eigenvalue weighted by molar-refractivity contribution is 6.30. The van der Waals surface area contributed by atoms with Crippen molar-refractivity contribution in [2.45, 2.75) is 18.9 Å². The van der Waals surface area contributed by atoms with Crippen LogP contribution in [-0.2, 0) is 4.79 Å². The molecule has 0 saturated carbocycles. The van der Waals surface area contributed by atoms with Crippen LogP contribution in [0.4, 0.5) is 0 Å². The smallest absolute Gasteiger partial charge is 0.326 e. The van der Waals surface area contributed by atoms with Gasteiger partial charge in [-0.3, -0.25) is 9.89 Å². The van der Waals surface area contributed by atoms with Gasteiger partial charge in [-0.15, -0.1) is 0 Å². The Morgan fingerprint density at radius 2 is 2.05 bits per heavy atom. The van der Waals surface area contributed by atoms with Gasteiger partial charge >= 0.3 is 5.97 Å². The van der Waals surface area contributed by atoms with E-state index in [4.69, 9.17) is 16.7 Å². The van der Waals surface area contributed by atoms with Gasteiger partial charge in [-0.05, 0) is 31.0 Å². The van der Waals surface area contributed by atoms with Gasteiger partial charge in [-0.25, -0.2) is 4.79 Å². The number of nitrogens with zero attached hydrogens (tertiary/aromatic N) is 2. The van der Waals surface area contributed by atoms with Crippen LogP contribution in [0, 0.1) is 0 Å². The number of benzene rings is 1. The summed E-state index contributed by atoms with van der Waals surface area (Å²) < 4.78 is 0. The highest BCUT2D eigenvalue weighted by Crippen LogP contribution is 2.23. The van der Waals surface area contributed by atoms with E-state index < -0.39 is 12.0 Å². The second-order valence-electron chi connectivity index (χ2n) is 5.17. The molecule has 3 rings (SSSR count). The molecule has 2 heterocycles. The van der Waals surface area contributed by atoms with Crippen molar-refractivity contribution in [1.82, 2.24) is 15.1 Å². The Kier molecular flexibility index (Phi) is 3.85. The Bertz CT molecular complexity index is 711. The van der Waals surface area contributed by atoms with Crippen molar-refractivity contribution < 1.29 is 14.7 Å². The van der Waals surface area contributed by atoms with E-state index in [1.54, 1.807) is 18.2 Å². The van der Waals surface area contributed by atoms with E-state index in [9.17, 15) is 9.59 Å². The van der Waals surface area contributed by atoms with E-state index in [1.807, 2.05) is 12.1 Å². The number of carboxylic acid groups (broad SMARTS) is 1. The van der Waals surface area contributed by atoms with Gasteiger partial charge in [0.2, 0.25) is 0 Å². The van der Waals surface area contributed by atoms with Crippen LogP contribution in [0.2, 0.25) is 5.02 Å². The molecular formula is C15H14ClN3O3. The molecule has 1 aliphatic rings. The minimum Gasteiger partial charge on any atom is -0.480 e. The molecule has 6 nitrogen and oxygen atoms in total. The van der Waals surface area contributed by atoms with E-state index in [-0.39, 0.29) is 11.6 Å². The maximum atomic E-state index is 12.4. The summed E-state index contributed by atoms with van der Waals surface area (Å²) in [7, 11) is 0. The first kappa shape index (κ1) is 14.6. The number of H-pyrrole nitrogens is 1. The molecule has 1 atom stereocenters. The van der Waals surface area contributed by atoms with Crippen LogP contribution in [0.25, 0.3) is 11.3 Å². The van der Waals surface area contributed by atoms with Gasteiger partial charge in [0.05, 0.1) is 5.69 Å². The van der Waals surface area contributed by atoms with Crippen LogP contribution in [0.15, 0.2) is 30.3 Å². The van der Waals surface area contributed by atoms with E-state index in [0.717, 1.165) is 5.56 Å². The average molecular weight is 320 g/mol. The minimum atomic E-state index is -0.969. The van der Waals surface area contributed by atoms with Gasteiger partial charge < -0.3 is 10.0 Å². The molecule has 1 saturated heterocycles. The Hall–Kier alpha value is -2.34. The van der Waals surface area contributed by atoms with Crippen LogP contribution in [0.5, 0.6) is 0 Å². The molecule has 0 radical (unpaired) electrons. The number of aromatic nitrogens is 2. The first-order valence-electron chi connectivity index (χ1n) is 6.91. The number of carbonyl (C=O) groups is 2. The number of carboxylic acids is 1. The predicted octanol–water partition coefficient (Wildman–Crippen LogP) is 2.42. The number of hydrogen-bond donors (Lipinski definition) is 2. The third-order valence-electron chi connectivity index (χ3n) is 3.75. The molecule has 1 unspecified atom stereocenters. The molecule has 2 N–H and O–H groups in total. The van der Waals surface area contributed by atoms with Crippen molar-refractivity contribution in [3.63, 3.8) is 0 Å².